The second-order valence-electron chi connectivity index (χ2n) is 5.48. The van der Waals surface area contributed by atoms with E-state index in [4.69, 9.17) is 4.74 Å². The standard InChI is InChI=1S/C16H31N3O/c1-6-11-17-14(16(7-2,8-3)20-5)9-10-15-18-12-13-19(15)4/h12-14,17H,6-11H2,1-5H3. The third kappa shape index (κ3) is 4.06. The lowest BCUT2D eigenvalue weighted by molar-refractivity contribution is -0.0493. The molecule has 1 atom stereocenters. The molecule has 1 rings (SSSR count). The van der Waals surface area contributed by atoms with E-state index < -0.39 is 0 Å². The van der Waals surface area contributed by atoms with Crippen molar-refractivity contribution in [2.75, 3.05) is 13.7 Å². The summed E-state index contributed by atoms with van der Waals surface area (Å²) in [6.07, 6.45) is 9.12. The van der Waals surface area contributed by atoms with Gasteiger partial charge in [0.25, 0.3) is 0 Å². The minimum absolute atomic E-state index is 0.0691. The van der Waals surface area contributed by atoms with Crippen LogP contribution < -0.4 is 5.32 Å². The lowest BCUT2D eigenvalue weighted by Crippen LogP contribution is -2.52. The first-order valence-corrected chi connectivity index (χ1v) is 7.88. The van der Waals surface area contributed by atoms with E-state index in [2.05, 4.69) is 42.7 Å². The van der Waals surface area contributed by atoms with Crippen molar-refractivity contribution in [3.05, 3.63) is 18.2 Å². The molecule has 0 spiro atoms. The van der Waals surface area contributed by atoms with Crippen LogP contribution in [0, 0.1) is 0 Å². The third-order valence-corrected chi connectivity index (χ3v) is 4.46. The summed E-state index contributed by atoms with van der Waals surface area (Å²) in [5.41, 5.74) is -0.0691. The number of aromatic nitrogens is 2. The second-order valence-corrected chi connectivity index (χ2v) is 5.48. The van der Waals surface area contributed by atoms with E-state index in [1.807, 2.05) is 19.5 Å². The van der Waals surface area contributed by atoms with Gasteiger partial charge in [0.1, 0.15) is 5.82 Å². The summed E-state index contributed by atoms with van der Waals surface area (Å²) in [5, 5.41) is 3.68. The summed E-state index contributed by atoms with van der Waals surface area (Å²) in [6, 6.07) is 0.374. The van der Waals surface area contributed by atoms with Crippen LogP contribution in [0.25, 0.3) is 0 Å². The number of imidazole rings is 1. The monoisotopic (exact) mass is 281 g/mol. The van der Waals surface area contributed by atoms with Gasteiger partial charge >= 0.3 is 0 Å². The molecule has 4 heteroatoms. The number of aryl methyl sites for hydroxylation is 2. The molecule has 0 aliphatic rings. The largest absolute Gasteiger partial charge is 0.377 e. The first kappa shape index (κ1) is 17.2. The number of rotatable bonds is 10. The molecule has 116 valence electrons. The normalized spacial score (nSPS) is 13.7. The third-order valence-electron chi connectivity index (χ3n) is 4.46. The lowest BCUT2D eigenvalue weighted by atomic mass is 9.85. The van der Waals surface area contributed by atoms with Gasteiger partial charge in [-0.15, -0.1) is 0 Å². The predicted molar refractivity (Wildman–Crippen MR) is 83.9 cm³/mol. The Bertz CT molecular complexity index is 363. The molecule has 0 fully saturated rings. The molecule has 1 heterocycles. The summed E-state index contributed by atoms with van der Waals surface area (Å²) in [4.78, 5) is 4.42. The van der Waals surface area contributed by atoms with Crippen molar-refractivity contribution in [2.45, 2.75) is 64.5 Å². The summed E-state index contributed by atoms with van der Waals surface area (Å²) in [5.74, 6) is 1.14. The predicted octanol–water partition coefficient (Wildman–Crippen LogP) is 2.93. The Morgan fingerprint density at radius 2 is 2.05 bits per heavy atom. The van der Waals surface area contributed by atoms with Crippen LogP contribution in [-0.2, 0) is 18.2 Å². The van der Waals surface area contributed by atoms with Gasteiger partial charge in [0.2, 0.25) is 0 Å². The van der Waals surface area contributed by atoms with Crippen molar-refractivity contribution in [1.82, 2.24) is 14.9 Å². The maximum atomic E-state index is 5.91. The van der Waals surface area contributed by atoms with E-state index in [0.29, 0.717) is 6.04 Å². The fourth-order valence-electron chi connectivity index (χ4n) is 2.95. The molecular weight excluding hydrogens is 250 g/mol. The van der Waals surface area contributed by atoms with Crippen LogP contribution in [0.1, 0.15) is 52.3 Å². The van der Waals surface area contributed by atoms with Crippen LogP contribution in [-0.4, -0.2) is 34.8 Å². The SMILES string of the molecule is CCCNC(CCc1nccn1C)C(CC)(CC)OC. The molecule has 0 aromatic carbocycles. The Labute approximate surface area is 123 Å². The van der Waals surface area contributed by atoms with E-state index in [0.717, 1.165) is 44.5 Å². The molecule has 0 amide bonds. The summed E-state index contributed by atoms with van der Waals surface area (Å²) in [7, 11) is 3.90. The van der Waals surface area contributed by atoms with Crippen LogP contribution in [0.15, 0.2) is 12.4 Å². The van der Waals surface area contributed by atoms with Crippen molar-refractivity contribution in [2.24, 2.45) is 7.05 Å². The van der Waals surface area contributed by atoms with Crippen LogP contribution >= 0.6 is 0 Å². The Morgan fingerprint density at radius 1 is 1.35 bits per heavy atom. The van der Waals surface area contributed by atoms with Crippen LogP contribution in [0.3, 0.4) is 0 Å². The maximum Gasteiger partial charge on any atom is 0.108 e. The average Bonchev–Trinajstić information content (AvgIpc) is 2.88. The fraction of sp³-hybridized carbons (Fsp3) is 0.812. The Hall–Kier alpha value is -0.870. The zero-order valence-corrected chi connectivity index (χ0v) is 13.8. The molecule has 0 aliphatic heterocycles. The first-order chi connectivity index (χ1) is 9.63. The lowest BCUT2D eigenvalue weighted by Gasteiger charge is -2.39. The van der Waals surface area contributed by atoms with Gasteiger partial charge in [0.15, 0.2) is 0 Å². The highest BCUT2D eigenvalue weighted by atomic mass is 16.5. The number of hydrogen-bond acceptors (Lipinski definition) is 3. The molecule has 0 saturated carbocycles. The highest BCUT2D eigenvalue weighted by Gasteiger charge is 2.35. The molecule has 0 radical (unpaired) electrons. The van der Waals surface area contributed by atoms with Gasteiger partial charge in [-0.05, 0) is 32.2 Å². The highest BCUT2D eigenvalue weighted by Crippen LogP contribution is 2.27. The topological polar surface area (TPSA) is 39.1 Å². The molecule has 20 heavy (non-hydrogen) atoms. The quantitative estimate of drug-likeness (QED) is 0.716. The smallest absolute Gasteiger partial charge is 0.108 e. The van der Waals surface area contributed by atoms with Gasteiger partial charge in [-0.25, -0.2) is 4.98 Å². The van der Waals surface area contributed by atoms with Crippen molar-refractivity contribution >= 4 is 0 Å². The van der Waals surface area contributed by atoms with E-state index >= 15 is 0 Å². The highest BCUT2D eigenvalue weighted by molar-refractivity contribution is 4.97. The van der Waals surface area contributed by atoms with Crippen LogP contribution in [0.2, 0.25) is 0 Å². The number of ether oxygens (including phenoxy) is 1. The van der Waals surface area contributed by atoms with E-state index in [-0.39, 0.29) is 5.60 Å². The summed E-state index contributed by atoms with van der Waals surface area (Å²) < 4.78 is 8.01. The average molecular weight is 281 g/mol. The van der Waals surface area contributed by atoms with Crippen LogP contribution in [0.5, 0.6) is 0 Å². The van der Waals surface area contributed by atoms with Gasteiger partial charge in [0.05, 0.1) is 5.60 Å². The van der Waals surface area contributed by atoms with Gasteiger partial charge < -0.3 is 14.6 Å². The fourth-order valence-corrected chi connectivity index (χ4v) is 2.95. The van der Waals surface area contributed by atoms with Gasteiger partial charge in [-0.2, -0.15) is 0 Å². The molecule has 1 unspecified atom stereocenters. The number of nitrogens with zero attached hydrogens (tertiary/aromatic N) is 2. The second kappa shape index (κ2) is 8.42. The Balaban J connectivity index is 2.75. The minimum Gasteiger partial charge on any atom is -0.377 e. The molecule has 0 aliphatic carbocycles. The van der Waals surface area contributed by atoms with Crippen molar-refractivity contribution < 1.29 is 4.74 Å². The Morgan fingerprint density at radius 3 is 2.50 bits per heavy atom. The molecule has 1 N–H and O–H groups in total. The van der Waals surface area contributed by atoms with E-state index in [1.165, 1.54) is 0 Å². The molecule has 4 nitrogen and oxygen atoms in total. The van der Waals surface area contributed by atoms with Crippen LogP contribution in [0.4, 0.5) is 0 Å². The van der Waals surface area contributed by atoms with E-state index in [9.17, 15) is 0 Å². The van der Waals surface area contributed by atoms with Gasteiger partial charge in [-0.1, -0.05) is 20.8 Å². The number of hydrogen-bond donors (Lipinski definition) is 1. The molecular formula is C16H31N3O. The minimum atomic E-state index is -0.0691. The summed E-state index contributed by atoms with van der Waals surface area (Å²) >= 11 is 0. The van der Waals surface area contributed by atoms with Gasteiger partial charge in [-0.3, -0.25) is 0 Å². The van der Waals surface area contributed by atoms with Crippen molar-refractivity contribution in [3.8, 4) is 0 Å². The zero-order chi connectivity index (χ0) is 15.0. The molecule has 1 aromatic heterocycles. The van der Waals surface area contributed by atoms with Crippen molar-refractivity contribution in [3.63, 3.8) is 0 Å². The number of methoxy groups -OCH3 is 1. The van der Waals surface area contributed by atoms with E-state index in [1.54, 1.807) is 0 Å². The Kier molecular flexibility index (Phi) is 7.24. The van der Waals surface area contributed by atoms with Crippen molar-refractivity contribution in [1.29, 1.82) is 0 Å². The first-order valence-electron chi connectivity index (χ1n) is 7.88. The summed E-state index contributed by atoms with van der Waals surface area (Å²) in [6.45, 7) is 7.67. The molecule has 0 bridgehead atoms. The maximum absolute atomic E-state index is 5.91. The molecule has 0 saturated heterocycles. The number of nitrogens with one attached hydrogen (secondary N) is 1. The molecule has 1 aromatic rings. The van der Waals surface area contributed by atoms with Gasteiger partial charge in [0, 0.05) is 39.0 Å². The zero-order valence-electron chi connectivity index (χ0n) is 13.8.